The summed E-state index contributed by atoms with van der Waals surface area (Å²) in [6.45, 7) is 1.96. The molecule has 0 aliphatic rings. The van der Waals surface area contributed by atoms with Gasteiger partial charge in [-0.1, -0.05) is 30.9 Å². The number of hydrogen-bond acceptors (Lipinski definition) is 4. The molecule has 0 atom stereocenters. The number of sulfonamides is 1. The summed E-state index contributed by atoms with van der Waals surface area (Å²) in [4.78, 5) is 11.0. The average molecular weight is 320 g/mol. The molecule has 0 heterocycles. The van der Waals surface area contributed by atoms with Crippen LogP contribution in [-0.2, 0) is 16.4 Å². The van der Waals surface area contributed by atoms with Gasteiger partial charge in [0, 0.05) is 5.69 Å². The molecular formula is C15H14NO5S-. The zero-order valence-electron chi connectivity index (χ0n) is 11.7. The maximum Gasteiger partial charge on any atom is 0.335 e. The molecule has 0 aromatic heterocycles. The van der Waals surface area contributed by atoms with Crippen LogP contribution in [0.15, 0.2) is 47.4 Å². The molecule has 0 saturated carbocycles. The third-order valence-electron chi connectivity index (χ3n) is 3.10. The van der Waals surface area contributed by atoms with Crippen LogP contribution in [0.2, 0.25) is 0 Å². The van der Waals surface area contributed by atoms with E-state index in [1.807, 2.05) is 6.92 Å². The van der Waals surface area contributed by atoms with E-state index in [4.69, 9.17) is 5.11 Å². The van der Waals surface area contributed by atoms with Crippen molar-refractivity contribution in [2.45, 2.75) is 18.2 Å². The molecule has 7 heteroatoms. The number of nitrogens with one attached hydrogen (secondary N) is 1. The monoisotopic (exact) mass is 320 g/mol. The highest BCUT2D eigenvalue weighted by atomic mass is 32.2. The first-order valence-corrected chi connectivity index (χ1v) is 7.98. The Labute approximate surface area is 128 Å². The number of aryl methyl sites for hydroxylation is 1. The molecule has 0 aliphatic heterocycles. The van der Waals surface area contributed by atoms with Gasteiger partial charge in [-0.05, 0) is 36.2 Å². The maximum atomic E-state index is 12.2. The van der Waals surface area contributed by atoms with E-state index in [0.717, 1.165) is 24.1 Å². The first-order valence-electron chi connectivity index (χ1n) is 6.49. The summed E-state index contributed by atoms with van der Waals surface area (Å²) >= 11 is 0. The molecule has 6 nitrogen and oxygen atoms in total. The molecule has 0 unspecified atom stereocenters. The van der Waals surface area contributed by atoms with Crippen molar-refractivity contribution in [2.75, 3.05) is 4.72 Å². The third-order valence-corrected chi connectivity index (χ3v) is 4.50. The summed E-state index contributed by atoms with van der Waals surface area (Å²) in [5, 5.41) is 20.2. The Kier molecular flexibility index (Phi) is 4.37. The lowest BCUT2D eigenvalue weighted by Crippen LogP contribution is -2.14. The number of anilines is 1. The van der Waals surface area contributed by atoms with Gasteiger partial charge in [0.15, 0.2) is 0 Å². The highest BCUT2D eigenvalue weighted by molar-refractivity contribution is 7.92. The minimum atomic E-state index is -3.84. The molecule has 2 N–H and O–H groups in total. The third kappa shape index (κ3) is 3.37. The van der Waals surface area contributed by atoms with Gasteiger partial charge in [0.2, 0.25) is 0 Å². The maximum absolute atomic E-state index is 12.2. The van der Waals surface area contributed by atoms with Crippen molar-refractivity contribution < 1.29 is 23.4 Å². The zero-order valence-corrected chi connectivity index (χ0v) is 12.6. The Morgan fingerprint density at radius 3 is 2.36 bits per heavy atom. The van der Waals surface area contributed by atoms with Crippen LogP contribution in [0.25, 0.3) is 0 Å². The van der Waals surface area contributed by atoms with Gasteiger partial charge in [-0.25, -0.2) is 13.2 Å². The lowest BCUT2D eigenvalue weighted by Gasteiger charge is -2.13. The number of benzene rings is 2. The first kappa shape index (κ1) is 15.8. The van der Waals surface area contributed by atoms with Crippen molar-refractivity contribution in [2.24, 2.45) is 0 Å². The predicted molar refractivity (Wildman–Crippen MR) is 79.5 cm³/mol. The molecule has 0 spiro atoms. The topological polar surface area (TPSA) is 107 Å². The van der Waals surface area contributed by atoms with Crippen molar-refractivity contribution in [1.29, 1.82) is 0 Å². The van der Waals surface area contributed by atoms with Crippen LogP contribution in [0.1, 0.15) is 22.8 Å². The Balaban J connectivity index is 2.32. The lowest BCUT2D eigenvalue weighted by molar-refractivity contribution is -0.268. The minimum absolute atomic E-state index is 0.0246. The zero-order chi connectivity index (χ0) is 16.3. The van der Waals surface area contributed by atoms with Crippen molar-refractivity contribution in [3.05, 3.63) is 53.6 Å². The molecule has 2 aromatic rings. The molecule has 0 saturated heterocycles. The minimum Gasteiger partial charge on any atom is -0.872 e. The van der Waals surface area contributed by atoms with Crippen LogP contribution < -0.4 is 9.83 Å². The summed E-state index contributed by atoms with van der Waals surface area (Å²) in [6.07, 6.45) is 0.792. The van der Waals surface area contributed by atoms with Crippen LogP contribution in [0.4, 0.5) is 5.69 Å². The first-order chi connectivity index (χ1) is 10.3. The molecule has 0 aliphatic carbocycles. The summed E-state index contributed by atoms with van der Waals surface area (Å²) in [6, 6.07) is 9.61. The number of hydrogen-bond donors (Lipinski definition) is 2. The second-order valence-corrected chi connectivity index (χ2v) is 6.30. The Morgan fingerprint density at radius 2 is 1.82 bits per heavy atom. The van der Waals surface area contributed by atoms with Crippen LogP contribution in [0.3, 0.4) is 0 Å². The van der Waals surface area contributed by atoms with Gasteiger partial charge in [0.25, 0.3) is 10.0 Å². The normalized spacial score (nSPS) is 11.1. The summed E-state index contributed by atoms with van der Waals surface area (Å²) < 4.78 is 26.7. The molecule has 2 rings (SSSR count). The van der Waals surface area contributed by atoms with Crippen LogP contribution in [-0.4, -0.2) is 19.5 Å². The van der Waals surface area contributed by atoms with Gasteiger partial charge in [-0.15, -0.1) is 0 Å². The van der Waals surface area contributed by atoms with E-state index >= 15 is 0 Å². The van der Waals surface area contributed by atoms with Crippen molar-refractivity contribution in [3.63, 3.8) is 0 Å². The molecular weight excluding hydrogens is 306 g/mol. The van der Waals surface area contributed by atoms with Crippen molar-refractivity contribution in [3.8, 4) is 5.75 Å². The molecule has 22 heavy (non-hydrogen) atoms. The fourth-order valence-electron chi connectivity index (χ4n) is 1.88. The van der Waals surface area contributed by atoms with E-state index in [2.05, 4.69) is 4.72 Å². The number of carboxylic acid groups (broad SMARTS) is 1. The second-order valence-electron chi connectivity index (χ2n) is 4.62. The van der Waals surface area contributed by atoms with Gasteiger partial charge in [0.05, 0.1) is 10.5 Å². The highest BCUT2D eigenvalue weighted by Gasteiger charge is 2.15. The van der Waals surface area contributed by atoms with E-state index in [-0.39, 0.29) is 10.6 Å². The van der Waals surface area contributed by atoms with Gasteiger partial charge >= 0.3 is 5.97 Å². The van der Waals surface area contributed by atoms with Crippen LogP contribution in [0, 0.1) is 0 Å². The summed E-state index contributed by atoms with van der Waals surface area (Å²) in [5.41, 5.74) is 0.543. The summed E-state index contributed by atoms with van der Waals surface area (Å²) in [7, 11) is -3.84. The molecule has 0 radical (unpaired) electrons. The highest BCUT2D eigenvalue weighted by Crippen LogP contribution is 2.22. The Morgan fingerprint density at radius 1 is 1.18 bits per heavy atom. The predicted octanol–water partition coefficient (Wildman–Crippen LogP) is 1.82. The van der Waals surface area contributed by atoms with E-state index in [1.54, 1.807) is 12.1 Å². The number of rotatable bonds is 5. The SMILES string of the molecule is CCc1ccc(S(=O)(=O)Nc2ccc([O-])c(C(=O)O)c2)cc1. The standard InChI is InChI=1S/C15H15NO5S/c1-2-10-3-6-12(7-4-10)22(20,21)16-11-5-8-14(17)13(9-11)15(18)19/h3-9,16-17H,2H2,1H3,(H,18,19)/p-1. The fourth-order valence-corrected chi connectivity index (χ4v) is 2.93. The fraction of sp³-hybridized carbons (Fsp3) is 0.133. The quantitative estimate of drug-likeness (QED) is 0.874. The van der Waals surface area contributed by atoms with Crippen LogP contribution >= 0.6 is 0 Å². The summed E-state index contributed by atoms with van der Waals surface area (Å²) in [5.74, 6) is -2.08. The van der Waals surface area contributed by atoms with E-state index in [0.29, 0.717) is 0 Å². The number of carboxylic acids is 1. The van der Waals surface area contributed by atoms with Crippen molar-refractivity contribution >= 4 is 21.7 Å². The number of carbonyl (C=O) groups is 1. The molecule has 2 aromatic carbocycles. The molecule has 0 amide bonds. The average Bonchev–Trinajstić information content (AvgIpc) is 2.48. The van der Waals surface area contributed by atoms with Gasteiger partial charge in [-0.2, -0.15) is 0 Å². The smallest absolute Gasteiger partial charge is 0.335 e. The molecule has 0 fully saturated rings. The lowest BCUT2D eigenvalue weighted by atomic mass is 10.2. The number of aromatic carboxylic acids is 1. The van der Waals surface area contributed by atoms with Crippen molar-refractivity contribution in [1.82, 2.24) is 0 Å². The second kappa shape index (κ2) is 6.07. The van der Waals surface area contributed by atoms with E-state index in [9.17, 15) is 18.3 Å². The van der Waals surface area contributed by atoms with Gasteiger partial charge in [-0.3, -0.25) is 4.72 Å². The van der Waals surface area contributed by atoms with Crippen LogP contribution in [0.5, 0.6) is 5.75 Å². The van der Waals surface area contributed by atoms with E-state index < -0.39 is 27.3 Å². The van der Waals surface area contributed by atoms with Gasteiger partial charge in [0.1, 0.15) is 0 Å². The Hall–Kier alpha value is -2.54. The Bertz CT molecular complexity index is 797. The molecule has 116 valence electrons. The van der Waals surface area contributed by atoms with E-state index in [1.165, 1.54) is 18.2 Å². The largest absolute Gasteiger partial charge is 0.872 e. The van der Waals surface area contributed by atoms with Gasteiger partial charge < -0.3 is 10.2 Å². The molecule has 0 bridgehead atoms.